The number of nitrogens with one attached hydrogen (secondary N) is 1. The number of anilines is 1. The maximum Gasteiger partial charge on any atom is 0.329 e. The number of aliphatic carboxylic acids is 1. The van der Waals surface area contributed by atoms with Gasteiger partial charge in [0, 0.05) is 53.1 Å². The Morgan fingerprint density at radius 3 is 2.91 bits per heavy atom. The number of carbonyl (C=O) groups is 1. The second-order valence-electron chi connectivity index (χ2n) is 13.5. The van der Waals surface area contributed by atoms with Crippen molar-refractivity contribution >= 4 is 23.3 Å². The number of carboxylic acid groups (broad SMARTS) is 1. The van der Waals surface area contributed by atoms with Gasteiger partial charge in [0.25, 0.3) is 0 Å². The zero-order valence-corrected chi connectivity index (χ0v) is 26.0. The quantitative estimate of drug-likeness (QED) is 0.311. The van der Waals surface area contributed by atoms with Gasteiger partial charge in [-0.1, -0.05) is 31.5 Å². The SMILES string of the molecule is C[C@@H](COc1ccnc2c1[C@H](C)CCC2)CN1Cc2cc3c(cc2[C@@]12CC[C@]1(C(=O)O)CC2c2c(Cl)cccc2N1)OCO3. The lowest BCUT2D eigenvalue weighted by Gasteiger charge is -2.56. The Morgan fingerprint density at radius 1 is 1.23 bits per heavy atom. The molecule has 9 heteroatoms. The molecule has 0 saturated heterocycles. The second kappa shape index (κ2) is 10.3. The van der Waals surface area contributed by atoms with Crippen molar-refractivity contribution in [3.05, 3.63) is 75.6 Å². The largest absolute Gasteiger partial charge is 0.493 e. The minimum Gasteiger partial charge on any atom is -0.493 e. The highest BCUT2D eigenvalue weighted by atomic mass is 35.5. The summed E-state index contributed by atoms with van der Waals surface area (Å²) in [6, 6.07) is 12.1. The third kappa shape index (κ3) is 4.13. The van der Waals surface area contributed by atoms with Gasteiger partial charge in [-0.05, 0) is 91.5 Å². The van der Waals surface area contributed by atoms with E-state index in [1.54, 1.807) is 0 Å². The number of fused-ring (bicyclic) bond motifs is 9. The summed E-state index contributed by atoms with van der Waals surface area (Å²) in [5.74, 6) is 2.20. The topological polar surface area (TPSA) is 93.2 Å². The molecule has 2 N–H and O–H groups in total. The average Bonchev–Trinajstić information content (AvgIpc) is 3.58. The zero-order valence-electron chi connectivity index (χ0n) is 25.2. The van der Waals surface area contributed by atoms with E-state index in [2.05, 4.69) is 41.2 Å². The van der Waals surface area contributed by atoms with Gasteiger partial charge in [0.2, 0.25) is 6.79 Å². The number of halogens is 1. The van der Waals surface area contributed by atoms with Crippen LogP contribution in [0, 0.1) is 5.92 Å². The van der Waals surface area contributed by atoms with E-state index in [4.69, 9.17) is 25.8 Å². The van der Waals surface area contributed by atoms with Gasteiger partial charge in [0.05, 0.1) is 12.1 Å². The Hall–Kier alpha value is -3.49. The maximum absolute atomic E-state index is 12.8. The minimum absolute atomic E-state index is 0.125. The molecule has 0 amide bonds. The van der Waals surface area contributed by atoms with Gasteiger partial charge < -0.3 is 24.6 Å². The van der Waals surface area contributed by atoms with Crippen molar-refractivity contribution < 1.29 is 24.1 Å². The number of aryl methyl sites for hydroxylation is 1. The average molecular weight is 616 g/mol. The first-order valence-electron chi connectivity index (χ1n) is 15.9. The zero-order chi connectivity index (χ0) is 30.2. The van der Waals surface area contributed by atoms with Crippen LogP contribution < -0.4 is 19.5 Å². The van der Waals surface area contributed by atoms with Gasteiger partial charge >= 0.3 is 5.97 Å². The molecule has 44 heavy (non-hydrogen) atoms. The lowest BCUT2D eigenvalue weighted by atomic mass is 9.58. The van der Waals surface area contributed by atoms with E-state index in [0.29, 0.717) is 36.8 Å². The third-order valence-corrected chi connectivity index (χ3v) is 11.2. The monoisotopic (exact) mass is 615 g/mol. The fraction of sp³-hybridized carbons (Fsp3) is 0.486. The van der Waals surface area contributed by atoms with Crippen molar-refractivity contribution in [2.75, 3.05) is 25.3 Å². The van der Waals surface area contributed by atoms with Crippen LogP contribution in [0.25, 0.3) is 0 Å². The molecule has 230 valence electrons. The van der Waals surface area contributed by atoms with E-state index >= 15 is 0 Å². The summed E-state index contributed by atoms with van der Waals surface area (Å²) in [4.78, 5) is 20.0. The van der Waals surface area contributed by atoms with Crippen molar-refractivity contribution in [2.24, 2.45) is 5.92 Å². The summed E-state index contributed by atoms with van der Waals surface area (Å²) in [5, 5.41) is 14.6. The minimum atomic E-state index is -1.04. The van der Waals surface area contributed by atoms with Crippen molar-refractivity contribution in [1.82, 2.24) is 9.88 Å². The van der Waals surface area contributed by atoms with Crippen LogP contribution in [0.15, 0.2) is 42.6 Å². The van der Waals surface area contributed by atoms with Gasteiger partial charge in [-0.3, -0.25) is 9.88 Å². The Balaban J connectivity index is 1.16. The maximum atomic E-state index is 12.8. The molecular weight excluding hydrogens is 578 g/mol. The summed E-state index contributed by atoms with van der Waals surface area (Å²) < 4.78 is 18.2. The van der Waals surface area contributed by atoms with E-state index < -0.39 is 17.0 Å². The molecule has 3 aliphatic heterocycles. The summed E-state index contributed by atoms with van der Waals surface area (Å²) >= 11 is 6.96. The molecular formula is C35H38ClN3O5. The molecule has 8 rings (SSSR count). The van der Waals surface area contributed by atoms with Crippen LogP contribution >= 0.6 is 11.6 Å². The first-order chi connectivity index (χ1) is 21.3. The number of benzene rings is 2. The Kier molecular flexibility index (Phi) is 6.54. The highest BCUT2D eigenvalue weighted by molar-refractivity contribution is 6.32. The van der Waals surface area contributed by atoms with E-state index in [9.17, 15) is 9.90 Å². The number of aromatic nitrogens is 1. The van der Waals surface area contributed by atoms with Crippen LogP contribution in [0.3, 0.4) is 0 Å². The second-order valence-corrected chi connectivity index (χ2v) is 13.9. The van der Waals surface area contributed by atoms with Crippen LogP contribution in [0.2, 0.25) is 5.02 Å². The molecule has 5 atom stereocenters. The van der Waals surface area contributed by atoms with Crippen molar-refractivity contribution in [1.29, 1.82) is 0 Å². The highest BCUT2D eigenvalue weighted by Gasteiger charge is 2.62. The van der Waals surface area contributed by atoms with Crippen molar-refractivity contribution in [3.8, 4) is 17.2 Å². The van der Waals surface area contributed by atoms with E-state index in [0.717, 1.165) is 54.4 Å². The van der Waals surface area contributed by atoms with Crippen LogP contribution in [0.5, 0.6) is 17.2 Å². The summed E-state index contributed by atoms with van der Waals surface area (Å²) in [5.41, 5.74) is 5.17. The summed E-state index contributed by atoms with van der Waals surface area (Å²) in [6.45, 7) is 6.83. The van der Waals surface area contributed by atoms with E-state index in [1.165, 1.54) is 28.8 Å². The first-order valence-corrected chi connectivity index (χ1v) is 16.3. The molecule has 3 aromatic rings. The molecule has 8 nitrogen and oxygen atoms in total. The van der Waals surface area contributed by atoms with Crippen molar-refractivity contribution in [3.63, 3.8) is 0 Å². The normalized spacial score (nSPS) is 28.5. The highest BCUT2D eigenvalue weighted by Crippen LogP contribution is 2.63. The molecule has 2 bridgehead atoms. The molecule has 2 aromatic carbocycles. The number of hydrogen-bond acceptors (Lipinski definition) is 7. The Morgan fingerprint density at radius 2 is 2.07 bits per heavy atom. The van der Waals surface area contributed by atoms with Gasteiger partial charge in [0.15, 0.2) is 11.5 Å². The Labute approximate surface area is 262 Å². The molecule has 1 spiro atoms. The fourth-order valence-electron chi connectivity index (χ4n) is 8.85. The number of ether oxygens (including phenoxy) is 3. The number of carboxylic acids is 1. The smallest absolute Gasteiger partial charge is 0.329 e. The number of pyridine rings is 1. The fourth-order valence-corrected chi connectivity index (χ4v) is 9.16. The lowest BCUT2D eigenvalue weighted by molar-refractivity contribution is -0.146. The third-order valence-electron chi connectivity index (χ3n) is 10.9. The standard InChI is InChI=1S/C35H38ClN3O5/c1-20(18-42-28-9-12-37-26-7-3-5-21(2)31(26)28)16-39-17-22-13-29-30(44-19-43-29)14-23(22)35(39)11-10-34(33(40)41)15-24(35)32-25(36)6-4-8-27(32)38-34/h4,6,8-9,12-14,20-21,24,38H,3,5,7,10-11,15-19H2,1-2H3,(H,40,41)/t20-,21-,24?,34-,35-/m1/s1. The lowest BCUT2D eigenvalue weighted by Crippen LogP contribution is -2.61. The number of hydrogen-bond donors (Lipinski definition) is 2. The molecule has 1 fully saturated rings. The van der Waals surface area contributed by atoms with Gasteiger partial charge in [-0.15, -0.1) is 0 Å². The first kappa shape index (κ1) is 28.0. The van der Waals surface area contributed by atoms with Gasteiger partial charge in [-0.25, -0.2) is 4.79 Å². The Bertz CT molecular complexity index is 1660. The molecule has 4 heterocycles. The van der Waals surface area contributed by atoms with Crippen LogP contribution in [-0.4, -0.2) is 46.4 Å². The summed E-state index contributed by atoms with van der Waals surface area (Å²) in [7, 11) is 0. The van der Waals surface area contributed by atoms with Crippen LogP contribution in [-0.2, 0) is 23.3 Å². The number of nitrogens with zero attached hydrogens (tertiary/aromatic N) is 2. The van der Waals surface area contributed by atoms with E-state index in [-0.39, 0.29) is 18.6 Å². The van der Waals surface area contributed by atoms with E-state index in [1.807, 2.05) is 30.5 Å². The van der Waals surface area contributed by atoms with Crippen LogP contribution in [0.1, 0.15) is 85.7 Å². The molecule has 1 unspecified atom stereocenters. The van der Waals surface area contributed by atoms with Gasteiger partial charge in [0.1, 0.15) is 11.3 Å². The predicted octanol–water partition coefficient (Wildman–Crippen LogP) is 6.85. The molecule has 5 aliphatic rings. The predicted molar refractivity (Wildman–Crippen MR) is 167 cm³/mol. The van der Waals surface area contributed by atoms with Gasteiger partial charge in [-0.2, -0.15) is 0 Å². The molecule has 0 radical (unpaired) electrons. The molecule has 1 aromatic heterocycles. The molecule has 2 aliphatic carbocycles. The number of rotatable bonds is 6. The molecule has 1 saturated carbocycles. The van der Waals surface area contributed by atoms with Crippen molar-refractivity contribution in [2.45, 2.75) is 81.8 Å². The van der Waals surface area contributed by atoms with Crippen LogP contribution in [0.4, 0.5) is 5.69 Å². The summed E-state index contributed by atoms with van der Waals surface area (Å²) in [6.07, 6.45) is 6.85.